The second kappa shape index (κ2) is 9.34. The minimum atomic E-state index is -0.535. The number of nitrogens with zero attached hydrogens (tertiary/aromatic N) is 1. The highest BCUT2D eigenvalue weighted by Crippen LogP contribution is 2.24. The lowest BCUT2D eigenvalue weighted by atomic mass is 10.1. The molecule has 0 aliphatic carbocycles. The van der Waals surface area contributed by atoms with Crippen molar-refractivity contribution in [3.63, 3.8) is 0 Å². The van der Waals surface area contributed by atoms with E-state index in [-0.39, 0.29) is 11.8 Å². The fraction of sp³-hybridized carbons (Fsp3) is 0.348. The molecular weight excluding hydrogens is 400 g/mol. The van der Waals surface area contributed by atoms with Gasteiger partial charge in [-0.1, -0.05) is 12.1 Å². The number of benzene rings is 2. The molecule has 0 fully saturated rings. The summed E-state index contributed by atoms with van der Waals surface area (Å²) in [6.45, 7) is 5.90. The molecule has 6 nitrogen and oxygen atoms in total. The van der Waals surface area contributed by atoms with E-state index >= 15 is 0 Å². The monoisotopic (exact) mass is 426 g/mol. The van der Waals surface area contributed by atoms with Crippen LogP contribution in [0.5, 0.6) is 0 Å². The van der Waals surface area contributed by atoms with Gasteiger partial charge in [0.2, 0.25) is 0 Å². The molecule has 0 unspecified atom stereocenters. The fourth-order valence-electron chi connectivity index (χ4n) is 3.06. The van der Waals surface area contributed by atoms with Gasteiger partial charge in [-0.05, 0) is 75.8 Å². The average Bonchev–Trinajstić information content (AvgIpc) is 2.92. The van der Waals surface area contributed by atoms with Crippen molar-refractivity contribution < 1.29 is 19.1 Å². The summed E-state index contributed by atoms with van der Waals surface area (Å²) in [6, 6.07) is 14.5. The second-order valence-corrected chi connectivity index (χ2v) is 9.18. The van der Waals surface area contributed by atoms with Gasteiger partial charge >= 0.3 is 6.09 Å². The van der Waals surface area contributed by atoms with E-state index in [0.29, 0.717) is 23.4 Å². The third-order valence-electron chi connectivity index (χ3n) is 4.42. The number of nitrogens with one attached hydrogen (secondary N) is 1. The van der Waals surface area contributed by atoms with Crippen molar-refractivity contribution in [3.05, 3.63) is 59.7 Å². The van der Waals surface area contributed by atoms with Crippen LogP contribution in [0.2, 0.25) is 0 Å². The number of ether oxygens (including phenoxy) is 1. The molecule has 1 N–H and O–H groups in total. The summed E-state index contributed by atoms with van der Waals surface area (Å²) < 4.78 is 5.23. The van der Waals surface area contributed by atoms with Crippen molar-refractivity contribution in [1.29, 1.82) is 0 Å². The van der Waals surface area contributed by atoms with Crippen molar-refractivity contribution >= 4 is 35.4 Å². The predicted octanol–water partition coefficient (Wildman–Crippen LogP) is 5.20. The normalized spacial score (nSPS) is 13.4. The van der Waals surface area contributed by atoms with Crippen molar-refractivity contribution in [2.24, 2.45) is 0 Å². The van der Waals surface area contributed by atoms with Gasteiger partial charge < -0.3 is 4.74 Å². The number of imide groups is 1. The Morgan fingerprint density at radius 1 is 0.967 bits per heavy atom. The molecule has 3 rings (SSSR count). The SMILES string of the molecule is CC(C)(C)OC(=O)Nc1ccc(SCCCCN2C(=O)c3ccccc3C2=O)cc1. The van der Waals surface area contributed by atoms with Gasteiger partial charge in [-0.15, -0.1) is 11.8 Å². The number of carbonyl (C=O) groups excluding carboxylic acids is 3. The van der Waals surface area contributed by atoms with Crippen LogP contribution in [0.4, 0.5) is 10.5 Å². The van der Waals surface area contributed by atoms with Crippen LogP contribution in [0.1, 0.15) is 54.3 Å². The van der Waals surface area contributed by atoms with Crippen molar-refractivity contribution in [2.45, 2.75) is 44.1 Å². The maximum absolute atomic E-state index is 12.3. The first-order valence-electron chi connectivity index (χ1n) is 9.93. The van der Waals surface area contributed by atoms with E-state index in [2.05, 4.69) is 5.32 Å². The Labute approximate surface area is 181 Å². The maximum atomic E-state index is 12.3. The standard InChI is InChI=1S/C23H26N2O4S/c1-23(2,3)29-22(28)24-16-10-12-17(13-11-16)30-15-7-6-14-25-20(26)18-8-4-5-9-19(18)21(25)27/h4-5,8-13H,6-7,14-15H2,1-3H3,(H,24,28). The molecule has 1 heterocycles. The van der Waals surface area contributed by atoms with Crippen molar-refractivity contribution in [3.8, 4) is 0 Å². The number of hydrogen-bond donors (Lipinski definition) is 1. The van der Waals surface area contributed by atoms with E-state index in [1.165, 1.54) is 4.90 Å². The molecule has 158 valence electrons. The van der Waals surface area contributed by atoms with Gasteiger partial charge in [-0.2, -0.15) is 0 Å². The molecule has 7 heteroatoms. The predicted molar refractivity (Wildman–Crippen MR) is 118 cm³/mol. The molecule has 0 radical (unpaired) electrons. The van der Waals surface area contributed by atoms with Crippen LogP contribution in [0.3, 0.4) is 0 Å². The van der Waals surface area contributed by atoms with Crippen LogP contribution in [-0.4, -0.2) is 40.7 Å². The van der Waals surface area contributed by atoms with Gasteiger partial charge in [0, 0.05) is 17.1 Å². The molecule has 0 bridgehead atoms. The molecule has 1 aliphatic rings. The number of thioether (sulfide) groups is 1. The Morgan fingerprint density at radius 2 is 1.57 bits per heavy atom. The highest BCUT2D eigenvalue weighted by Gasteiger charge is 2.34. The van der Waals surface area contributed by atoms with E-state index in [9.17, 15) is 14.4 Å². The van der Waals surface area contributed by atoms with Gasteiger partial charge in [0.05, 0.1) is 11.1 Å². The van der Waals surface area contributed by atoms with Crippen molar-refractivity contribution in [1.82, 2.24) is 4.90 Å². The molecular formula is C23H26N2O4S. The molecule has 2 aromatic carbocycles. The van der Waals surface area contributed by atoms with Crippen LogP contribution >= 0.6 is 11.8 Å². The van der Waals surface area contributed by atoms with Gasteiger partial charge in [0.1, 0.15) is 5.60 Å². The van der Waals surface area contributed by atoms with Gasteiger partial charge in [-0.3, -0.25) is 19.8 Å². The number of amides is 3. The second-order valence-electron chi connectivity index (χ2n) is 8.01. The summed E-state index contributed by atoms with van der Waals surface area (Å²) in [4.78, 5) is 38.9. The van der Waals surface area contributed by atoms with Crippen LogP contribution < -0.4 is 5.32 Å². The Bertz CT molecular complexity index is 900. The highest BCUT2D eigenvalue weighted by molar-refractivity contribution is 7.99. The molecule has 30 heavy (non-hydrogen) atoms. The maximum Gasteiger partial charge on any atom is 0.412 e. The zero-order valence-corrected chi connectivity index (χ0v) is 18.3. The summed E-state index contributed by atoms with van der Waals surface area (Å²) in [6.07, 6.45) is 1.17. The molecule has 2 aromatic rings. The van der Waals surface area contributed by atoms with Crippen molar-refractivity contribution in [2.75, 3.05) is 17.6 Å². The van der Waals surface area contributed by atoms with Gasteiger partial charge in [-0.25, -0.2) is 4.79 Å². The number of rotatable bonds is 7. The molecule has 1 aliphatic heterocycles. The number of unbranched alkanes of at least 4 members (excludes halogenated alkanes) is 1. The largest absolute Gasteiger partial charge is 0.444 e. The summed E-state index contributed by atoms with van der Waals surface area (Å²) in [7, 11) is 0. The van der Waals surface area contributed by atoms with Gasteiger partial charge in [0.25, 0.3) is 11.8 Å². The van der Waals surface area contributed by atoms with E-state index in [0.717, 1.165) is 23.5 Å². The molecule has 0 saturated heterocycles. The Hall–Kier alpha value is -2.80. The van der Waals surface area contributed by atoms with Crippen LogP contribution in [0.25, 0.3) is 0 Å². The number of hydrogen-bond acceptors (Lipinski definition) is 5. The lowest BCUT2D eigenvalue weighted by molar-refractivity contribution is 0.0628. The van der Waals surface area contributed by atoms with E-state index in [1.807, 2.05) is 45.0 Å². The first kappa shape index (κ1) is 21.9. The lowest BCUT2D eigenvalue weighted by Gasteiger charge is -2.19. The average molecular weight is 427 g/mol. The number of anilines is 1. The van der Waals surface area contributed by atoms with Crippen LogP contribution in [0.15, 0.2) is 53.4 Å². The molecule has 0 saturated carbocycles. The summed E-state index contributed by atoms with van der Waals surface area (Å²) in [5.74, 6) is 0.481. The minimum Gasteiger partial charge on any atom is -0.444 e. The summed E-state index contributed by atoms with van der Waals surface area (Å²) in [5.41, 5.74) is 1.14. The molecule has 0 atom stereocenters. The van der Waals surface area contributed by atoms with Gasteiger partial charge in [0.15, 0.2) is 0 Å². The van der Waals surface area contributed by atoms with E-state index < -0.39 is 11.7 Å². The topological polar surface area (TPSA) is 75.7 Å². The fourth-order valence-corrected chi connectivity index (χ4v) is 3.97. The first-order valence-corrected chi connectivity index (χ1v) is 10.9. The summed E-state index contributed by atoms with van der Waals surface area (Å²) in [5, 5.41) is 2.71. The van der Waals surface area contributed by atoms with Crippen LogP contribution in [-0.2, 0) is 4.74 Å². The highest BCUT2D eigenvalue weighted by atomic mass is 32.2. The Balaban J connectivity index is 1.39. The third kappa shape index (κ3) is 5.63. The zero-order valence-electron chi connectivity index (χ0n) is 17.4. The number of carbonyl (C=O) groups is 3. The van der Waals surface area contributed by atoms with E-state index in [1.54, 1.807) is 36.0 Å². The lowest BCUT2D eigenvalue weighted by Crippen LogP contribution is -2.30. The minimum absolute atomic E-state index is 0.198. The van der Waals surface area contributed by atoms with Crippen LogP contribution in [0, 0.1) is 0 Å². The molecule has 0 spiro atoms. The molecule has 0 aromatic heterocycles. The quantitative estimate of drug-likeness (QED) is 0.374. The smallest absolute Gasteiger partial charge is 0.412 e. The van der Waals surface area contributed by atoms with E-state index in [4.69, 9.17) is 4.74 Å². The third-order valence-corrected chi connectivity index (χ3v) is 5.52. The number of fused-ring (bicyclic) bond motifs is 1. The Kier molecular flexibility index (Phi) is 6.82. The first-order chi connectivity index (χ1) is 14.2. The summed E-state index contributed by atoms with van der Waals surface area (Å²) >= 11 is 1.70. The zero-order chi connectivity index (χ0) is 21.7. The Morgan fingerprint density at radius 3 is 2.13 bits per heavy atom. The molecule has 3 amide bonds.